The van der Waals surface area contributed by atoms with Gasteiger partial charge in [0.15, 0.2) is 6.29 Å². The average Bonchev–Trinajstić information content (AvgIpc) is 2.17. The first-order valence-corrected chi connectivity index (χ1v) is 5.17. The van der Waals surface area contributed by atoms with E-state index in [-0.39, 0.29) is 12.4 Å². The summed E-state index contributed by atoms with van der Waals surface area (Å²) in [6.45, 7) is 9.60. The second kappa shape index (κ2) is 5.56. The second-order valence-electron chi connectivity index (χ2n) is 3.61. The number of hydrogen-bond acceptors (Lipinski definition) is 2. The fraction of sp³-hybridized carbons (Fsp3) is 0.385. The lowest BCUT2D eigenvalue weighted by atomic mass is 10.2. The molecule has 2 nitrogen and oxygen atoms in total. The molecule has 1 atom stereocenters. The third-order valence-corrected chi connectivity index (χ3v) is 1.90. The maximum absolute atomic E-state index is 5.65. The molecule has 0 radical (unpaired) electrons. The standard InChI is InChI=1S/C13H18O2/c1-5-12-8-6-7-9-13(12)15-11(4)14-10(2)3/h5-11H,1H2,2-4H3. The first-order chi connectivity index (χ1) is 7.13. The molecule has 0 N–H and O–H groups in total. The molecule has 1 aromatic rings. The van der Waals surface area contributed by atoms with Crippen LogP contribution in [-0.4, -0.2) is 12.4 Å². The van der Waals surface area contributed by atoms with E-state index in [4.69, 9.17) is 9.47 Å². The highest BCUT2D eigenvalue weighted by atomic mass is 16.7. The van der Waals surface area contributed by atoms with Gasteiger partial charge in [0.05, 0.1) is 6.10 Å². The Kier molecular flexibility index (Phi) is 4.37. The summed E-state index contributed by atoms with van der Waals surface area (Å²) < 4.78 is 11.2. The van der Waals surface area contributed by atoms with Crippen molar-refractivity contribution < 1.29 is 9.47 Å². The lowest BCUT2D eigenvalue weighted by Gasteiger charge is -2.18. The zero-order chi connectivity index (χ0) is 11.3. The van der Waals surface area contributed by atoms with Gasteiger partial charge in [0.25, 0.3) is 0 Å². The van der Waals surface area contributed by atoms with Crippen molar-refractivity contribution >= 4 is 6.08 Å². The molecule has 0 saturated carbocycles. The van der Waals surface area contributed by atoms with Crippen LogP contribution < -0.4 is 4.74 Å². The first-order valence-electron chi connectivity index (χ1n) is 5.17. The minimum atomic E-state index is -0.244. The minimum Gasteiger partial charge on any atom is -0.465 e. The van der Waals surface area contributed by atoms with Gasteiger partial charge in [0.1, 0.15) is 5.75 Å². The number of ether oxygens (including phenoxy) is 2. The molecule has 0 heterocycles. The van der Waals surface area contributed by atoms with Gasteiger partial charge in [0, 0.05) is 5.56 Å². The Hall–Kier alpha value is -1.28. The summed E-state index contributed by atoms with van der Waals surface area (Å²) in [6.07, 6.45) is 1.69. The van der Waals surface area contributed by atoms with Crippen molar-refractivity contribution in [1.29, 1.82) is 0 Å². The van der Waals surface area contributed by atoms with E-state index in [1.165, 1.54) is 0 Å². The molecule has 15 heavy (non-hydrogen) atoms. The van der Waals surface area contributed by atoms with Gasteiger partial charge >= 0.3 is 0 Å². The van der Waals surface area contributed by atoms with Gasteiger partial charge in [-0.1, -0.05) is 30.9 Å². The summed E-state index contributed by atoms with van der Waals surface area (Å²) in [5.74, 6) is 0.806. The van der Waals surface area contributed by atoms with Crippen molar-refractivity contribution in [2.45, 2.75) is 33.2 Å². The van der Waals surface area contributed by atoms with Crippen molar-refractivity contribution in [3.05, 3.63) is 36.4 Å². The molecule has 0 bridgehead atoms. The largest absolute Gasteiger partial charge is 0.465 e. The van der Waals surface area contributed by atoms with Crippen LogP contribution in [-0.2, 0) is 4.74 Å². The van der Waals surface area contributed by atoms with Crippen LogP contribution in [0.1, 0.15) is 26.3 Å². The predicted molar refractivity (Wildman–Crippen MR) is 62.8 cm³/mol. The Labute approximate surface area is 91.5 Å². The molecule has 1 rings (SSSR count). The highest BCUT2D eigenvalue weighted by molar-refractivity contribution is 5.55. The van der Waals surface area contributed by atoms with Crippen molar-refractivity contribution in [2.24, 2.45) is 0 Å². The Balaban J connectivity index is 2.67. The van der Waals surface area contributed by atoms with E-state index >= 15 is 0 Å². The zero-order valence-corrected chi connectivity index (χ0v) is 9.57. The van der Waals surface area contributed by atoms with Crippen LogP contribution in [0.4, 0.5) is 0 Å². The van der Waals surface area contributed by atoms with E-state index in [2.05, 4.69) is 6.58 Å². The molecule has 0 spiro atoms. The van der Waals surface area contributed by atoms with Crippen molar-refractivity contribution in [1.82, 2.24) is 0 Å². The lowest BCUT2D eigenvalue weighted by molar-refractivity contribution is -0.0951. The minimum absolute atomic E-state index is 0.163. The maximum atomic E-state index is 5.65. The monoisotopic (exact) mass is 206 g/mol. The van der Waals surface area contributed by atoms with E-state index in [0.29, 0.717) is 0 Å². The fourth-order valence-corrected chi connectivity index (χ4v) is 1.35. The summed E-state index contributed by atoms with van der Waals surface area (Å²) in [4.78, 5) is 0. The zero-order valence-electron chi connectivity index (χ0n) is 9.57. The van der Waals surface area contributed by atoms with Crippen LogP contribution in [0.25, 0.3) is 6.08 Å². The van der Waals surface area contributed by atoms with Crippen LogP contribution in [0.2, 0.25) is 0 Å². The summed E-state index contributed by atoms with van der Waals surface area (Å²) in [7, 11) is 0. The lowest BCUT2D eigenvalue weighted by Crippen LogP contribution is -2.20. The quantitative estimate of drug-likeness (QED) is 0.687. The fourth-order valence-electron chi connectivity index (χ4n) is 1.35. The summed E-state index contributed by atoms with van der Waals surface area (Å²) in [5.41, 5.74) is 0.983. The van der Waals surface area contributed by atoms with Crippen LogP contribution in [0.5, 0.6) is 5.75 Å². The third-order valence-electron chi connectivity index (χ3n) is 1.90. The number of rotatable bonds is 5. The molecule has 1 unspecified atom stereocenters. The van der Waals surface area contributed by atoms with Gasteiger partial charge in [-0.3, -0.25) is 0 Å². The molecule has 2 heteroatoms. The van der Waals surface area contributed by atoms with Crippen molar-refractivity contribution in [3.8, 4) is 5.75 Å². The highest BCUT2D eigenvalue weighted by Gasteiger charge is 2.07. The molecule has 0 saturated heterocycles. The Morgan fingerprint density at radius 2 is 1.87 bits per heavy atom. The van der Waals surface area contributed by atoms with Gasteiger partial charge < -0.3 is 9.47 Å². The topological polar surface area (TPSA) is 18.5 Å². The molecule has 82 valence electrons. The predicted octanol–water partition coefficient (Wildman–Crippen LogP) is 3.48. The van der Waals surface area contributed by atoms with E-state index in [0.717, 1.165) is 11.3 Å². The Morgan fingerprint density at radius 3 is 2.47 bits per heavy atom. The maximum Gasteiger partial charge on any atom is 0.197 e. The third kappa shape index (κ3) is 3.76. The van der Waals surface area contributed by atoms with E-state index in [9.17, 15) is 0 Å². The molecular formula is C13H18O2. The number of hydrogen-bond donors (Lipinski definition) is 0. The van der Waals surface area contributed by atoms with Gasteiger partial charge in [-0.15, -0.1) is 0 Å². The molecule has 0 aliphatic carbocycles. The molecular weight excluding hydrogens is 188 g/mol. The van der Waals surface area contributed by atoms with Crippen molar-refractivity contribution in [3.63, 3.8) is 0 Å². The van der Waals surface area contributed by atoms with Crippen LogP contribution in [0.3, 0.4) is 0 Å². The molecule has 1 aromatic carbocycles. The van der Waals surface area contributed by atoms with Crippen LogP contribution in [0, 0.1) is 0 Å². The van der Waals surface area contributed by atoms with Gasteiger partial charge in [-0.2, -0.15) is 0 Å². The molecule has 0 aliphatic rings. The molecule has 0 aliphatic heterocycles. The average molecular weight is 206 g/mol. The summed E-state index contributed by atoms with van der Waals surface area (Å²) >= 11 is 0. The SMILES string of the molecule is C=Cc1ccccc1OC(C)OC(C)C. The summed E-state index contributed by atoms with van der Waals surface area (Å²) in [6, 6.07) is 7.77. The Bertz CT molecular complexity index is 318. The molecule has 0 amide bonds. The molecule has 0 fully saturated rings. The Morgan fingerprint density at radius 1 is 1.20 bits per heavy atom. The smallest absolute Gasteiger partial charge is 0.197 e. The number of benzene rings is 1. The van der Waals surface area contributed by atoms with E-state index in [1.807, 2.05) is 45.0 Å². The van der Waals surface area contributed by atoms with E-state index < -0.39 is 0 Å². The van der Waals surface area contributed by atoms with Crippen molar-refractivity contribution in [2.75, 3.05) is 0 Å². The van der Waals surface area contributed by atoms with Gasteiger partial charge in [-0.25, -0.2) is 0 Å². The molecule has 0 aromatic heterocycles. The van der Waals surface area contributed by atoms with E-state index in [1.54, 1.807) is 6.08 Å². The highest BCUT2D eigenvalue weighted by Crippen LogP contribution is 2.20. The van der Waals surface area contributed by atoms with Gasteiger partial charge in [0.2, 0.25) is 0 Å². The first kappa shape index (κ1) is 11.8. The normalized spacial score (nSPS) is 12.5. The summed E-state index contributed by atoms with van der Waals surface area (Å²) in [5, 5.41) is 0. The van der Waals surface area contributed by atoms with Crippen LogP contribution in [0.15, 0.2) is 30.8 Å². The van der Waals surface area contributed by atoms with Crippen LogP contribution >= 0.6 is 0 Å². The second-order valence-corrected chi connectivity index (χ2v) is 3.61. The number of para-hydroxylation sites is 1. The van der Waals surface area contributed by atoms with Gasteiger partial charge in [-0.05, 0) is 26.8 Å².